The second-order valence-corrected chi connectivity index (χ2v) is 4.89. The Kier molecular flexibility index (Phi) is 5.48. The molecule has 0 unspecified atom stereocenters. The lowest BCUT2D eigenvalue weighted by molar-refractivity contribution is 0.0594. The van der Waals surface area contributed by atoms with E-state index in [2.05, 4.69) is 15.2 Å². The number of nitrogens with zero attached hydrogens (tertiary/aromatic N) is 2. The number of ether oxygens (including phenoxy) is 4. The number of hydrogen-bond donors (Lipinski definition) is 1. The van der Waals surface area contributed by atoms with Gasteiger partial charge in [0.1, 0.15) is 0 Å². The van der Waals surface area contributed by atoms with E-state index in [0.29, 0.717) is 5.75 Å². The lowest BCUT2D eigenvalue weighted by Gasteiger charge is -2.15. The normalized spacial score (nSPS) is 10.1. The van der Waals surface area contributed by atoms with Gasteiger partial charge in [0.25, 0.3) is 5.91 Å². The van der Waals surface area contributed by atoms with Gasteiger partial charge in [0.2, 0.25) is 5.75 Å². The van der Waals surface area contributed by atoms with Gasteiger partial charge in [-0.25, -0.2) is 4.79 Å². The van der Waals surface area contributed by atoms with Gasteiger partial charge in [0, 0.05) is 13.2 Å². The summed E-state index contributed by atoms with van der Waals surface area (Å²) in [5.41, 5.74) is 0.425. The van der Waals surface area contributed by atoms with Crippen LogP contribution in [0.4, 0.5) is 5.69 Å². The van der Waals surface area contributed by atoms with E-state index in [1.54, 1.807) is 13.1 Å². The molecule has 0 spiro atoms. The number of benzene rings is 1. The molecule has 0 saturated carbocycles. The van der Waals surface area contributed by atoms with Crippen LogP contribution in [0.25, 0.3) is 0 Å². The quantitative estimate of drug-likeness (QED) is 0.788. The number of amides is 1. The number of nitrogens with one attached hydrogen (secondary N) is 1. The molecule has 0 bridgehead atoms. The molecular weight excluding hydrogens is 330 g/mol. The van der Waals surface area contributed by atoms with Gasteiger partial charge in [-0.05, 0) is 12.1 Å². The van der Waals surface area contributed by atoms with E-state index in [-0.39, 0.29) is 28.4 Å². The number of carbonyl (C=O) groups is 2. The number of aromatic nitrogens is 2. The minimum atomic E-state index is -0.657. The van der Waals surface area contributed by atoms with Crippen LogP contribution >= 0.6 is 0 Å². The molecule has 1 aromatic carbocycles. The second kappa shape index (κ2) is 7.56. The molecule has 134 valence electrons. The zero-order valence-corrected chi connectivity index (χ0v) is 14.6. The van der Waals surface area contributed by atoms with Crippen LogP contribution < -0.4 is 19.5 Å². The highest BCUT2D eigenvalue weighted by Crippen LogP contribution is 2.40. The van der Waals surface area contributed by atoms with E-state index >= 15 is 0 Å². The maximum Gasteiger partial charge on any atom is 0.360 e. The second-order valence-electron chi connectivity index (χ2n) is 4.89. The summed E-state index contributed by atoms with van der Waals surface area (Å²) in [6, 6.07) is 3.12. The fraction of sp³-hybridized carbons (Fsp3) is 0.312. The summed E-state index contributed by atoms with van der Waals surface area (Å²) in [6.45, 7) is 0. The smallest absolute Gasteiger partial charge is 0.360 e. The zero-order valence-electron chi connectivity index (χ0n) is 14.6. The largest absolute Gasteiger partial charge is 0.493 e. The van der Waals surface area contributed by atoms with E-state index < -0.39 is 11.9 Å². The molecule has 1 amide bonds. The highest BCUT2D eigenvalue weighted by molar-refractivity contribution is 6.09. The summed E-state index contributed by atoms with van der Waals surface area (Å²) in [7, 11) is 7.20. The SMILES string of the molecule is COC(=O)c1nn(C)cc1NC(=O)c1ccc(OC)c(OC)c1OC. The summed E-state index contributed by atoms with van der Waals surface area (Å²) in [6.07, 6.45) is 1.50. The maximum atomic E-state index is 12.7. The third-order valence-corrected chi connectivity index (χ3v) is 3.40. The Morgan fingerprint density at radius 3 is 2.28 bits per heavy atom. The van der Waals surface area contributed by atoms with Crippen LogP contribution in [0.5, 0.6) is 17.2 Å². The average molecular weight is 349 g/mol. The Bertz CT molecular complexity index is 799. The molecular formula is C16H19N3O6. The van der Waals surface area contributed by atoms with Crippen molar-refractivity contribution in [3.05, 3.63) is 29.6 Å². The first-order chi connectivity index (χ1) is 12.0. The minimum absolute atomic E-state index is 0.00204. The molecule has 0 fully saturated rings. The van der Waals surface area contributed by atoms with Crippen LogP contribution in [0, 0.1) is 0 Å². The molecule has 2 aromatic rings. The number of hydrogen-bond acceptors (Lipinski definition) is 7. The van der Waals surface area contributed by atoms with Crippen LogP contribution in [-0.4, -0.2) is 50.1 Å². The number of rotatable bonds is 6. The summed E-state index contributed by atoms with van der Waals surface area (Å²) < 4.78 is 21.8. The third-order valence-electron chi connectivity index (χ3n) is 3.40. The lowest BCUT2D eigenvalue weighted by Crippen LogP contribution is -2.16. The van der Waals surface area contributed by atoms with E-state index in [0.717, 1.165) is 0 Å². The molecule has 9 nitrogen and oxygen atoms in total. The van der Waals surface area contributed by atoms with Crippen molar-refractivity contribution in [2.45, 2.75) is 0 Å². The van der Waals surface area contributed by atoms with Crippen molar-refractivity contribution < 1.29 is 28.5 Å². The minimum Gasteiger partial charge on any atom is -0.493 e. The molecule has 1 heterocycles. The zero-order chi connectivity index (χ0) is 18.6. The highest BCUT2D eigenvalue weighted by atomic mass is 16.5. The van der Waals surface area contributed by atoms with Gasteiger partial charge in [-0.15, -0.1) is 0 Å². The molecule has 0 aliphatic carbocycles. The molecule has 0 atom stereocenters. The van der Waals surface area contributed by atoms with Crippen LogP contribution in [0.15, 0.2) is 18.3 Å². The predicted molar refractivity (Wildman–Crippen MR) is 88.6 cm³/mol. The van der Waals surface area contributed by atoms with Crippen molar-refractivity contribution in [3.63, 3.8) is 0 Å². The molecule has 0 saturated heterocycles. The Hall–Kier alpha value is -3.23. The average Bonchev–Trinajstić information content (AvgIpc) is 2.99. The molecule has 25 heavy (non-hydrogen) atoms. The van der Waals surface area contributed by atoms with Crippen LogP contribution in [0.1, 0.15) is 20.8 Å². The molecule has 9 heteroatoms. The summed E-state index contributed by atoms with van der Waals surface area (Å²) in [5, 5.41) is 6.61. The summed E-state index contributed by atoms with van der Waals surface area (Å²) in [5.74, 6) is -0.237. The van der Waals surface area contributed by atoms with Crippen LogP contribution in [0.2, 0.25) is 0 Å². The lowest BCUT2D eigenvalue weighted by atomic mass is 10.1. The molecule has 0 radical (unpaired) electrons. The number of methoxy groups -OCH3 is 4. The first-order valence-electron chi connectivity index (χ1n) is 7.19. The summed E-state index contributed by atoms with van der Waals surface area (Å²) in [4.78, 5) is 24.4. The van der Waals surface area contributed by atoms with Crippen molar-refractivity contribution in [1.82, 2.24) is 9.78 Å². The molecule has 2 rings (SSSR count). The Balaban J connectivity index is 2.41. The first kappa shape index (κ1) is 18.1. The fourth-order valence-electron chi connectivity index (χ4n) is 2.30. The molecule has 1 aromatic heterocycles. The van der Waals surface area contributed by atoms with Gasteiger partial charge < -0.3 is 24.3 Å². The number of carbonyl (C=O) groups excluding carboxylic acids is 2. The van der Waals surface area contributed by atoms with Gasteiger partial charge in [0.15, 0.2) is 17.2 Å². The Labute approximate surface area is 144 Å². The topological polar surface area (TPSA) is 101 Å². The van der Waals surface area contributed by atoms with Crippen molar-refractivity contribution in [1.29, 1.82) is 0 Å². The van der Waals surface area contributed by atoms with Gasteiger partial charge in [-0.2, -0.15) is 5.10 Å². The van der Waals surface area contributed by atoms with Gasteiger partial charge >= 0.3 is 5.97 Å². The van der Waals surface area contributed by atoms with Gasteiger partial charge in [-0.1, -0.05) is 0 Å². The van der Waals surface area contributed by atoms with Crippen molar-refractivity contribution in [3.8, 4) is 17.2 Å². The van der Waals surface area contributed by atoms with Crippen molar-refractivity contribution >= 4 is 17.6 Å². The number of aryl methyl sites for hydroxylation is 1. The monoisotopic (exact) mass is 349 g/mol. The summed E-state index contributed by atoms with van der Waals surface area (Å²) >= 11 is 0. The van der Waals surface area contributed by atoms with E-state index in [9.17, 15) is 9.59 Å². The van der Waals surface area contributed by atoms with Gasteiger partial charge in [-0.3, -0.25) is 9.48 Å². The number of anilines is 1. The van der Waals surface area contributed by atoms with Crippen molar-refractivity contribution in [2.24, 2.45) is 7.05 Å². The van der Waals surface area contributed by atoms with Crippen LogP contribution in [-0.2, 0) is 11.8 Å². The van der Waals surface area contributed by atoms with E-state index in [1.807, 2.05) is 0 Å². The Morgan fingerprint density at radius 1 is 1.04 bits per heavy atom. The fourth-order valence-corrected chi connectivity index (χ4v) is 2.30. The predicted octanol–water partition coefficient (Wildman–Crippen LogP) is 1.48. The molecule has 0 aliphatic heterocycles. The Morgan fingerprint density at radius 2 is 1.72 bits per heavy atom. The van der Waals surface area contributed by atoms with Gasteiger partial charge in [0.05, 0.1) is 39.7 Å². The third kappa shape index (κ3) is 3.49. The molecule has 0 aliphatic rings. The maximum absolute atomic E-state index is 12.7. The van der Waals surface area contributed by atoms with E-state index in [1.165, 1.54) is 45.4 Å². The standard InChI is InChI=1S/C16H19N3O6/c1-19-8-10(12(18-19)16(21)25-5)17-15(20)9-6-7-11(22-2)14(24-4)13(9)23-3/h6-8H,1-5H3,(H,17,20). The molecule has 1 N–H and O–H groups in total. The van der Waals surface area contributed by atoms with Crippen LogP contribution in [0.3, 0.4) is 0 Å². The van der Waals surface area contributed by atoms with E-state index in [4.69, 9.17) is 14.2 Å². The first-order valence-corrected chi connectivity index (χ1v) is 7.19. The number of esters is 1. The van der Waals surface area contributed by atoms with Crippen molar-refractivity contribution in [2.75, 3.05) is 33.8 Å². The highest BCUT2D eigenvalue weighted by Gasteiger charge is 2.23.